The summed E-state index contributed by atoms with van der Waals surface area (Å²) in [6, 6.07) is 5.41. The third-order valence-corrected chi connectivity index (χ3v) is 4.64. The van der Waals surface area contributed by atoms with Crippen LogP contribution in [0.2, 0.25) is 0 Å². The summed E-state index contributed by atoms with van der Waals surface area (Å²) >= 11 is 0. The van der Waals surface area contributed by atoms with E-state index in [-0.39, 0.29) is 11.1 Å². The van der Waals surface area contributed by atoms with Crippen molar-refractivity contribution in [1.29, 1.82) is 0 Å². The Morgan fingerprint density at radius 3 is 2.55 bits per heavy atom. The van der Waals surface area contributed by atoms with Crippen molar-refractivity contribution in [3.05, 3.63) is 36.4 Å². The van der Waals surface area contributed by atoms with Gasteiger partial charge in [0.05, 0.1) is 6.33 Å². The van der Waals surface area contributed by atoms with Crippen LogP contribution in [-0.4, -0.2) is 30.0 Å². The van der Waals surface area contributed by atoms with E-state index >= 15 is 0 Å². The average Bonchev–Trinajstić information content (AvgIpc) is 2.88. The molecule has 0 atom stereocenters. The summed E-state index contributed by atoms with van der Waals surface area (Å²) in [5, 5.41) is 0.0250. The number of hydrogen-bond acceptors (Lipinski definition) is 4. The van der Waals surface area contributed by atoms with Crippen LogP contribution < -0.4 is 4.31 Å². The normalized spacial score (nSPS) is 11.8. The summed E-state index contributed by atoms with van der Waals surface area (Å²) in [5.41, 5.74) is 0.761. The minimum Gasteiger partial charge on any atom is -0.334 e. The summed E-state index contributed by atoms with van der Waals surface area (Å²) in [7, 11) is -2.20. The molecule has 0 unspecified atom stereocenters. The number of nitrogens with zero attached hydrogens (tertiary/aromatic N) is 4. The molecule has 0 saturated heterocycles. The zero-order valence-corrected chi connectivity index (χ0v) is 12.8. The molecule has 0 fully saturated rings. The molecule has 0 spiro atoms. The smallest absolute Gasteiger partial charge is 0.284 e. The molecule has 0 amide bonds. The molecule has 108 valence electrons. The van der Waals surface area contributed by atoms with E-state index in [2.05, 4.69) is 9.97 Å². The first-order valence-electron chi connectivity index (χ1n) is 6.28. The van der Waals surface area contributed by atoms with Crippen molar-refractivity contribution in [2.24, 2.45) is 0 Å². The highest BCUT2D eigenvalue weighted by Crippen LogP contribution is 2.19. The Balaban J connectivity index is 2.38. The van der Waals surface area contributed by atoms with E-state index in [4.69, 9.17) is 0 Å². The Morgan fingerprint density at radius 2 is 2.00 bits per heavy atom. The molecule has 0 N–H and O–H groups in total. The third kappa shape index (κ3) is 2.67. The fourth-order valence-corrected chi connectivity index (χ4v) is 2.76. The highest BCUT2D eigenvalue weighted by molar-refractivity contribution is 7.92. The molecule has 2 heterocycles. The predicted octanol–water partition coefficient (Wildman–Crippen LogP) is 1.99. The molecule has 20 heavy (non-hydrogen) atoms. The van der Waals surface area contributed by atoms with Gasteiger partial charge in [0.1, 0.15) is 5.82 Å². The molecule has 0 aromatic carbocycles. The number of sulfonamides is 1. The molecule has 2 aromatic heterocycles. The summed E-state index contributed by atoms with van der Waals surface area (Å²) in [5.74, 6) is 0.379. The van der Waals surface area contributed by atoms with E-state index in [0.29, 0.717) is 5.82 Å². The van der Waals surface area contributed by atoms with Gasteiger partial charge in [-0.05, 0) is 32.9 Å². The molecular weight excluding hydrogens is 276 g/mol. The average molecular weight is 294 g/mol. The Hall–Kier alpha value is -1.89. The van der Waals surface area contributed by atoms with Gasteiger partial charge < -0.3 is 4.57 Å². The lowest BCUT2D eigenvalue weighted by Gasteiger charge is -2.17. The van der Waals surface area contributed by atoms with Gasteiger partial charge in [-0.1, -0.05) is 6.07 Å². The molecular formula is C13H18N4O2S. The van der Waals surface area contributed by atoms with Crippen molar-refractivity contribution >= 4 is 15.8 Å². The van der Waals surface area contributed by atoms with Crippen molar-refractivity contribution in [2.75, 3.05) is 11.4 Å². The molecule has 0 aliphatic rings. The van der Waals surface area contributed by atoms with Crippen molar-refractivity contribution < 1.29 is 8.42 Å². The third-order valence-electron chi connectivity index (χ3n) is 3.00. The number of aromatic nitrogens is 3. The maximum Gasteiger partial charge on any atom is 0.284 e. The van der Waals surface area contributed by atoms with Gasteiger partial charge in [0, 0.05) is 25.0 Å². The number of pyridine rings is 1. The molecule has 0 aliphatic carbocycles. The number of anilines is 1. The second kappa shape index (κ2) is 5.24. The van der Waals surface area contributed by atoms with Gasteiger partial charge in [-0.25, -0.2) is 9.97 Å². The SMILES string of the molecule is Cc1cccc(N(C)S(=O)(=O)c2cn(C(C)C)cn2)n1. The standard InChI is InChI=1S/C13H18N4O2S/c1-10(2)17-8-13(14-9-17)20(18,19)16(4)12-7-5-6-11(3)15-12/h5-10H,1-4H3. The van der Waals surface area contributed by atoms with Gasteiger partial charge in [-0.15, -0.1) is 0 Å². The summed E-state index contributed by atoms with van der Waals surface area (Å²) in [6.07, 6.45) is 3.06. The van der Waals surface area contributed by atoms with Gasteiger partial charge in [0.2, 0.25) is 0 Å². The zero-order valence-electron chi connectivity index (χ0n) is 12.0. The highest BCUT2D eigenvalue weighted by atomic mass is 32.2. The van der Waals surface area contributed by atoms with Gasteiger partial charge in [-0.3, -0.25) is 4.31 Å². The molecule has 0 saturated carbocycles. The monoisotopic (exact) mass is 294 g/mol. The molecule has 0 aliphatic heterocycles. The zero-order chi connectivity index (χ0) is 14.9. The summed E-state index contributed by atoms with van der Waals surface area (Å²) in [4.78, 5) is 8.20. The van der Waals surface area contributed by atoms with Gasteiger partial charge in [-0.2, -0.15) is 8.42 Å². The van der Waals surface area contributed by atoms with Crippen LogP contribution in [0.3, 0.4) is 0 Å². The largest absolute Gasteiger partial charge is 0.334 e. The van der Waals surface area contributed by atoms with Crippen LogP contribution >= 0.6 is 0 Å². The lowest BCUT2D eigenvalue weighted by atomic mass is 10.4. The van der Waals surface area contributed by atoms with Gasteiger partial charge in [0.15, 0.2) is 5.03 Å². The van der Waals surface area contributed by atoms with Crippen molar-refractivity contribution in [2.45, 2.75) is 31.8 Å². The molecule has 2 rings (SSSR count). The van der Waals surface area contributed by atoms with E-state index in [1.807, 2.05) is 26.8 Å². The molecule has 6 nitrogen and oxygen atoms in total. The molecule has 0 radical (unpaired) electrons. The summed E-state index contributed by atoms with van der Waals surface area (Å²) < 4.78 is 27.9. The number of hydrogen-bond donors (Lipinski definition) is 0. The van der Waals surface area contributed by atoms with Crippen LogP contribution in [0.25, 0.3) is 0 Å². The molecule has 0 bridgehead atoms. The maximum absolute atomic E-state index is 12.5. The topological polar surface area (TPSA) is 68.1 Å². The Kier molecular flexibility index (Phi) is 3.80. The van der Waals surface area contributed by atoms with Crippen LogP contribution in [-0.2, 0) is 10.0 Å². The van der Waals surface area contributed by atoms with E-state index < -0.39 is 10.0 Å². The van der Waals surface area contributed by atoms with Crippen molar-refractivity contribution in [1.82, 2.24) is 14.5 Å². The lowest BCUT2D eigenvalue weighted by Crippen LogP contribution is -2.27. The lowest BCUT2D eigenvalue weighted by molar-refractivity contribution is 0.587. The first-order chi connectivity index (χ1) is 9.32. The van der Waals surface area contributed by atoms with Gasteiger partial charge >= 0.3 is 0 Å². The minimum absolute atomic E-state index is 0.0250. The quantitative estimate of drug-likeness (QED) is 0.865. The van der Waals surface area contributed by atoms with Crippen molar-refractivity contribution in [3.63, 3.8) is 0 Å². The van der Waals surface area contributed by atoms with E-state index in [9.17, 15) is 8.42 Å². The Labute approximate surface area is 119 Å². The molecule has 2 aromatic rings. The van der Waals surface area contributed by atoms with Crippen LogP contribution in [0.5, 0.6) is 0 Å². The number of imidazole rings is 1. The fourth-order valence-electron chi connectivity index (χ4n) is 1.70. The van der Waals surface area contributed by atoms with Crippen molar-refractivity contribution in [3.8, 4) is 0 Å². The van der Waals surface area contributed by atoms with Crippen LogP contribution in [0, 0.1) is 6.92 Å². The van der Waals surface area contributed by atoms with E-state index in [1.54, 1.807) is 16.7 Å². The Bertz CT molecular complexity index is 707. The minimum atomic E-state index is -3.68. The first kappa shape index (κ1) is 14.5. The number of aryl methyl sites for hydroxylation is 1. The summed E-state index contributed by atoms with van der Waals surface area (Å²) in [6.45, 7) is 5.74. The first-order valence-corrected chi connectivity index (χ1v) is 7.72. The Morgan fingerprint density at radius 1 is 1.30 bits per heavy atom. The second-order valence-corrected chi connectivity index (χ2v) is 6.78. The fraction of sp³-hybridized carbons (Fsp3) is 0.385. The van der Waals surface area contributed by atoms with Crippen LogP contribution in [0.1, 0.15) is 25.6 Å². The van der Waals surface area contributed by atoms with E-state index in [1.165, 1.54) is 19.6 Å². The highest BCUT2D eigenvalue weighted by Gasteiger charge is 2.25. The number of rotatable bonds is 4. The van der Waals surface area contributed by atoms with Gasteiger partial charge in [0.25, 0.3) is 10.0 Å². The van der Waals surface area contributed by atoms with Crippen LogP contribution in [0.4, 0.5) is 5.82 Å². The molecule has 7 heteroatoms. The van der Waals surface area contributed by atoms with E-state index in [0.717, 1.165) is 10.00 Å². The second-order valence-electron chi connectivity index (χ2n) is 4.86. The maximum atomic E-state index is 12.5. The van der Waals surface area contributed by atoms with Crippen LogP contribution in [0.15, 0.2) is 35.7 Å². The predicted molar refractivity (Wildman–Crippen MR) is 77.2 cm³/mol.